The van der Waals surface area contributed by atoms with Gasteiger partial charge in [0.25, 0.3) is 0 Å². The van der Waals surface area contributed by atoms with E-state index in [-0.39, 0.29) is 17.6 Å². The van der Waals surface area contributed by atoms with Crippen LogP contribution in [0.3, 0.4) is 0 Å². The van der Waals surface area contributed by atoms with E-state index >= 15 is 0 Å². The van der Waals surface area contributed by atoms with Crippen molar-refractivity contribution in [3.8, 4) is 0 Å². The lowest BCUT2D eigenvalue weighted by Crippen LogP contribution is -2.51. The summed E-state index contributed by atoms with van der Waals surface area (Å²) < 4.78 is 11.3. The summed E-state index contributed by atoms with van der Waals surface area (Å²) >= 11 is 0. The largest absolute Gasteiger partial charge is 0.381 e. The van der Waals surface area contributed by atoms with Crippen LogP contribution in [0.4, 0.5) is 4.79 Å². The van der Waals surface area contributed by atoms with Crippen molar-refractivity contribution in [3.05, 3.63) is 35.9 Å². The van der Waals surface area contributed by atoms with Gasteiger partial charge in [-0.3, -0.25) is 0 Å². The molecule has 2 heterocycles. The molecule has 0 aliphatic carbocycles. The number of nitrogens with zero attached hydrogens (tertiary/aromatic N) is 1. The van der Waals surface area contributed by atoms with Crippen molar-refractivity contribution < 1.29 is 14.3 Å². The first-order chi connectivity index (χ1) is 12.2. The fourth-order valence-corrected chi connectivity index (χ4v) is 3.97. The molecule has 25 heavy (non-hydrogen) atoms. The van der Waals surface area contributed by atoms with Gasteiger partial charge in [0.2, 0.25) is 0 Å². The van der Waals surface area contributed by atoms with E-state index in [1.807, 2.05) is 17.9 Å². The Bertz CT molecular complexity index is 541. The summed E-state index contributed by atoms with van der Waals surface area (Å²) in [6, 6.07) is 10.6. The molecule has 5 heteroatoms. The second-order valence-electron chi connectivity index (χ2n) is 7.08. The minimum atomic E-state index is -0.0235. The molecule has 0 aromatic heterocycles. The van der Waals surface area contributed by atoms with E-state index in [4.69, 9.17) is 9.47 Å². The van der Waals surface area contributed by atoms with Crippen LogP contribution < -0.4 is 5.32 Å². The van der Waals surface area contributed by atoms with Crippen LogP contribution >= 0.6 is 0 Å². The Balaban J connectivity index is 1.62. The fraction of sp³-hybridized carbons (Fsp3) is 0.650. The van der Waals surface area contributed by atoms with Crippen LogP contribution in [-0.4, -0.2) is 56.5 Å². The zero-order valence-electron chi connectivity index (χ0n) is 15.2. The summed E-state index contributed by atoms with van der Waals surface area (Å²) in [6.45, 7) is 6.39. The van der Waals surface area contributed by atoms with Crippen LogP contribution in [0.25, 0.3) is 0 Å². The Morgan fingerprint density at radius 3 is 2.80 bits per heavy atom. The topological polar surface area (TPSA) is 50.8 Å². The van der Waals surface area contributed by atoms with Crippen molar-refractivity contribution in [2.24, 2.45) is 0 Å². The minimum Gasteiger partial charge on any atom is -0.381 e. The van der Waals surface area contributed by atoms with Gasteiger partial charge in [-0.15, -0.1) is 0 Å². The van der Waals surface area contributed by atoms with E-state index in [1.165, 1.54) is 5.56 Å². The summed E-state index contributed by atoms with van der Waals surface area (Å²) in [5.74, 6) is 0. The summed E-state index contributed by atoms with van der Waals surface area (Å²) in [7, 11) is 0. The molecule has 5 nitrogen and oxygen atoms in total. The molecule has 2 aliphatic rings. The van der Waals surface area contributed by atoms with Gasteiger partial charge in [0.05, 0.1) is 6.10 Å². The second-order valence-corrected chi connectivity index (χ2v) is 7.08. The molecule has 2 saturated heterocycles. The van der Waals surface area contributed by atoms with Gasteiger partial charge in [-0.1, -0.05) is 30.3 Å². The maximum Gasteiger partial charge on any atom is 0.317 e. The smallest absolute Gasteiger partial charge is 0.317 e. The molecule has 3 rings (SSSR count). The van der Waals surface area contributed by atoms with Gasteiger partial charge in [-0.2, -0.15) is 0 Å². The highest BCUT2D eigenvalue weighted by atomic mass is 16.5. The van der Waals surface area contributed by atoms with Crippen molar-refractivity contribution in [2.45, 2.75) is 44.1 Å². The number of urea groups is 1. The lowest BCUT2D eigenvalue weighted by atomic mass is 9.74. The predicted molar refractivity (Wildman–Crippen MR) is 97.8 cm³/mol. The van der Waals surface area contributed by atoms with Crippen molar-refractivity contribution in [2.75, 3.05) is 39.5 Å². The third-order valence-corrected chi connectivity index (χ3v) is 5.48. The number of hydrogen-bond acceptors (Lipinski definition) is 3. The predicted octanol–water partition coefficient (Wildman–Crippen LogP) is 2.95. The Morgan fingerprint density at radius 2 is 2.08 bits per heavy atom. The molecule has 2 aliphatic heterocycles. The van der Waals surface area contributed by atoms with E-state index < -0.39 is 0 Å². The van der Waals surface area contributed by atoms with E-state index in [0.29, 0.717) is 19.7 Å². The Morgan fingerprint density at radius 1 is 1.32 bits per heavy atom. The lowest BCUT2D eigenvalue weighted by molar-refractivity contribution is 0.0155. The Hall–Kier alpha value is -1.59. The lowest BCUT2D eigenvalue weighted by Gasteiger charge is -2.39. The molecule has 0 spiro atoms. The van der Waals surface area contributed by atoms with Gasteiger partial charge in [0, 0.05) is 44.9 Å². The average molecular weight is 346 g/mol. The van der Waals surface area contributed by atoms with Crippen LogP contribution in [-0.2, 0) is 14.9 Å². The molecule has 0 radical (unpaired) electrons. The molecule has 2 fully saturated rings. The minimum absolute atomic E-state index is 0.0235. The van der Waals surface area contributed by atoms with Crippen LogP contribution in [0, 0.1) is 0 Å². The van der Waals surface area contributed by atoms with E-state index in [2.05, 4.69) is 29.6 Å². The van der Waals surface area contributed by atoms with Crippen LogP contribution in [0.15, 0.2) is 30.3 Å². The van der Waals surface area contributed by atoms with E-state index in [0.717, 1.165) is 45.4 Å². The Kier molecular flexibility index (Phi) is 6.32. The molecule has 1 aromatic rings. The molecular weight excluding hydrogens is 316 g/mol. The van der Waals surface area contributed by atoms with Crippen molar-refractivity contribution in [1.82, 2.24) is 10.2 Å². The second kappa shape index (κ2) is 8.68. The summed E-state index contributed by atoms with van der Waals surface area (Å²) in [4.78, 5) is 14.6. The van der Waals surface area contributed by atoms with Gasteiger partial charge in [0.15, 0.2) is 0 Å². The van der Waals surface area contributed by atoms with Gasteiger partial charge >= 0.3 is 6.03 Å². The number of rotatable bonds is 5. The molecule has 1 aromatic carbocycles. The normalized spacial score (nSPS) is 23.2. The molecule has 2 amide bonds. The highest BCUT2D eigenvalue weighted by Gasteiger charge is 2.35. The van der Waals surface area contributed by atoms with Gasteiger partial charge in [-0.05, 0) is 38.2 Å². The zero-order valence-corrected chi connectivity index (χ0v) is 15.2. The SMILES string of the molecule is CCO[C@@H]1CCCN(C(=O)NCC2(c3ccccc3)CCOCC2)C1. The summed E-state index contributed by atoms with van der Waals surface area (Å²) in [5, 5.41) is 3.20. The molecule has 0 bridgehead atoms. The number of carbonyl (C=O) groups is 1. The number of nitrogens with one attached hydrogen (secondary N) is 1. The molecular formula is C20H30N2O3. The molecule has 138 valence electrons. The number of piperidine rings is 1. The van der Waals surface area contributed by atoms with E-state index in [9.17, 15) is 4.79 Å². The van der Waals surface area contributed by atoms with Gasteiger partial charge in [-0.25, -0.2) is 4.79 Å². The summed E-state index contributed by atoms with van der Waals surface area (Å²) in [5.41, 5.74) is 1.27. The van der Waals surface area contributed by atoms with Crippen molar-refractivity contribution >= 4 is 6.03 Å². The summed E-state index contributed by atoms with van der Waals surface area (Å²) in [6.07, 6.45) is 4.12. The van der Waals surface area contributed by atoms with Gasteiger partial charge in [0.1, 0.15) is 0 Å². The third kappa shape index (κ3) is 4.53. The van der Waals surface area contributed by atoms with Crippen LogP contribution in [0.2, 0.25) is 0 Å². The van der Waals surface area contributed by atoms with E-state index in [1.54, 1.807) is 0 Å². The average Bonchev–Trinajstić information content (AvgIpc) is 2.68. The number of carbonyl (C=O) groups excluding carboxylic acids is 1. The maximum atomic E-state index is 12.7. The molecule has 0 unspecified atom stereocenters. The molecule has 1 atom stereocenters. The number of benzene rings is 1. The van der Waals surface area contributed by atoms with Crippen LogP contribution in [0.5, 0.6) is 0 Å². The Labute approximate surface area is 150 Å². The number of hydrogen-bond donors (Lipinski definition) is 1. The first-order valence-electron chi connectivity index (χ1n) is 9.51. The highest BCUT2D eigenvalue weighted by molar-refractivity contribution is 5.74. The van der Waals surface area contributed by atoms with Gasteiger partial charge < -0.3 is 19.7 Å². The maximum absolute atomic E-state index is 12.7. The quantitative estimate of drug-likeness (QED) is 0.892. The van der Waals surface area contributed by atoms with Crippen LogP contribution in [0.1, 0.15) is 38.2 Å². The molecule has 0 saturated carbocycles. The number of amides is 2. The van der Waals surface area contributed by atoms with Crippen molar-refractivity contribution in [3.63, 3.8) is 0 Å². The monoisotopic (exact) mass is 346 g/mol. The fourth-order valence-electron chi connectivity index (χ4n) is 3.97. The van der Waals surface area contributed by atoms with Crippen molar-refractivity contribution in [1.29, 1.82) is 0 Å². The first kappa shape index (κ1) is 18.2. The highest BCUT2D eigenvalue weighted by Crippen LogP contribution is 2.34. The number of likely N-dealkylation sites (tertiary alicyclic amines) is 1. The molecule has 1 N–H and O–H groups in total. The standard InChI is InChI=1S/C20H30N2O3/c1-2-25-18-9-6-12-22(15-18)19(23)21-16-20(10-13-24-14-11-20)17-7-4-3-5-8-17/h3-5,7-8,18H,2,6,9-16H2,1H3,(H,21,23)/t18-/m1/s1. The number of ether oxygens (including phenoxy) is 2. The zero-order chi connectivity index (χ0) is 17.5. The first-order valence-corrected chi connectivity index (χ1v) is 9.51. The third-order valence-electron chi connectivity index (χ3n) is 5.48.